The van der Waals surface area contributed by atoms with Gasteiger partial charge in [-0.05, 0) is 24.7 Å². The number of aliphatic hydroxyl groups is 1. The van der Waals surface area contributed by atoms with Gasteiger partial charge in [0.2, 0.25) is 0 Å². The summed E-state index contributed by atoms with van der Waals surface area (Å²) < 4.78 is 0. The Bertz CT molecular complexity index is 94.9. The molecular formula is C7H15NO. The Kier molecular flexibility index (Phi) is 2.09. The minimum atomic E-state index is 0.240. The molecule has 1 rings (SSSR count). The molecule has 1 aliphatic carbocycles. The highest BCUT2D eigenvalue weighted by atomic mass is 16.3. The van der Waals surface area contributed by atoms with E-state index in [1.54, 1.807) is 0 Å². The number of hydrogen-bond acceptors (Lipinski definition) is 2. The van der Waals surface area contributed by atoms with Crippen molar-refractivity contribution >= 4 is 0 Å². The molecule has 3 unspecified atom stereocenters. The van der Waals surface area contributed by atoms with Gasteiger partial charge in [0.25, 0.3) is 0 Å². The average molecular weight is 129 g/mol. The lowest BCUT2D eigenvalue weighted by molar-refractivity contribution is 0.268. The lowest BCUT2D eigenvalue weighted by Gasteiger charge is -2.06. The van der Waals surface area contributed by atoms with Gasteiger partial charge in [0.15, 0.2) is 0 Å². The Balaban J connectivity index is 2.11. The smallest absolute Gasteiger partial charge is 0.0445 e. The Morgan fingerprint density at radius 3 is 2.67 bits per heavy atom. The first kappa shape index (κ1) is 7.03. The van der Waals surface area contributed by atoms with Crippen LogP contribution in [0.3, 0.4) is 0 Å². The molecule has 0 spiro atoms. The van der Waals surface area contributed by atoms with Crippen molar-refractivity contribution in [2.24, 2.45) is 17.6 Å². The zero-order valence-corrected chi connectivity index (χ0v) is 5.88. The van der Waals surface area contributed by atoms with Crippen molar-refractivity contribution in [3.63, 3.8) is 0 Å². The number of rotatable bonds is 3. The molecule has 0 bridgehead atoms. The molecule has 54 valence electrons. The molecule has 1 aliphatic rings. The standard InChI is InChI=1S/C7H15NO/c1-5-4-6(5)7(8)2-3-9/h5-7,9H,2-4,8H2,1H3. The molecule has 0 aliphatic heterocycles. The summed E-state index contributed by atoms with van der Waals surface area (Å²) in [6.45, 7) is 2.45. The van der Waals surface area contributed by atoms with Crippen molar-refractivity contribution < 1.29 is 5.11 Å². The van der Waals surface area contributed by atoms with Crippen molar-refractivity contribution in [1.29, 1.82) is 0 Å². The van der Waals surface area contributed by atoms with Crippen LogP contribution in [0, 0.1) is 11.8 Å². The van der Waals surface area contributed by atoms with E-state index < -0.39 is 0 Å². The van der Waals surface area contributed by atoms with E-state index in [0.717, 1.165) is 12.3 Å². The lowest BCUT2D eigenvalue weighted by Crippen LogP contribution is -2.24. The van der Waals surface area contributed by atoms with E-state index in [1.807, 2.05) is 0 Å². The second-order valence-corrected chi connectivity index (χ2v) is 3.05. The highest BCUT2D eigenvalue weighted by Gasteiger charge is 2.36. The van der Waals surface area contributed by atoms with E-state index in [9.17, 15) is 0 Å². The molecule has 0 aromatic rings. The van der Waals surface area contributed by atoms with Crippen molar-refractivity contribution in [3.8, 4) is 0 Å². The van der Waals surface area contributed by atoms with Crippen molar-refractivity contribution in [1.82, 2.24) is 0 Å². The van der Waals surface area contributed by atoms with Crippen LogP contribution in [0.1, 0.15) is 19.8 Å². The first-order chi connectivity index (χ1) is 4.25. The topological polar surface area (TPSA) is 46.2 Å². The first-order valence-corrected chi connectivity index (χ1v) is 3.62. The minimum Gasteiger partial charge on any atom is -0.396 e. The number of nitrogens with two attached hydrogens (primary N) is 1. The second kappa shape index (κ2) is 2.67. The van der Waals surface area contributed by atoms with E-state index in [0.29, 0.717) is 5.92 Å². The molecule has 0 saturated heterocycles. The Hall–Kier alpha value is -0.0800. The largest absolute Gasteiger partial charge is 0.396 e. The first-order valence-electron chi connectivity index (χ1n) is 3.62. The van der Waals surface area contributed by atoms with Gasteiger partial charge in [-0.2, -0.15) is 0 Å². The second-order valence-electron chi connectivity index (χ2n) is 3.05. The fourth-order valence-corrected chi connectivity index (χ4v) is 1.31. The van der Waals surface area contributed by atoms with E-state index in [-0.39, 0.29) is 12.6 Å². The minimum absolute atomic E-state index is 0.240. The summed E-state index contributed by atoms with van der Waals surface area (Å²) in [5.41, 5.74) is 5.72. The van der Waals surface area contributed by atoms with Gasteiger partial charge in [-0.3, -0.25) is 0 Å². The van der Waals surface area contributed by atoms with Crippen LogP contribution in [0.5, 0.6) is 0 Å². The number of hydrogen-bond donors (Lipinski definition) is 2. The summed E-state index contributed by atoms with van der Waals surface area (Å²) in [4.78, 5) is 0. The van der Waals surface area contributed by atoms with Crippen LogP contribution < -0.4 is 5.73 Å². The zero-order valence-electron chi connectivity index (χ0n) is 5.88. The SMILES string of the molecule is CC1CC1C(N)CCO. The summed E-state index contributed by atoms with van der Waals surface area (Å²) in [6.07, 6.45) is 2.04. The third kappa shape index (κ3) is 1.66. The third-order valence-electron chi connectivity index (χ3n) is 2.18. The third-order valence-corrected chi connectivity index (χ3v) is 2.18. The fourth-order valence-electron chi connectivity index (χ4n) is 1.31. The van der Waals surface area contributed by atoms with Crippen molar-refractivity contribution in [3.05, 3.63) is 0 Å². The van der Waals surface area contributed by atoms with Crippen LogP contribution in [0.15, 0.2) is 0 Å². The fraction of sp³-hybridized carbons (Fsp3) is 1.00. The van der Waals surface area contributed by atoms with E-state index in [1.165, 1.54) is 6.42 Å². The lowest BCUT2D eigenvalue weighted by atomic mass is 10.1. The van der Waals surface area contributed by atoms with E-state index >= 15 is 0 Å². The summed E-state index contributed by atoms with van der Waals surface area (Å²) in [6, 6.07) is 0.255. The van der Waals surface area contributed by atoms with Crippen molar-refractivity contribution in [2.45, 2.75) is 25.8 Å². The van der Waals surface area contributed by atoms with Crippen LogP contribution in [0.2, 0.25) is 0 Å². The molecule has 0 radical (unpaired) electrons. The molecule has 3 N–H and O–H groups in total. The molecule has 3 atom stereocenters. The van der Waals surface area contributed by atoms with Gasteiger partial charge in [-0.15, -0.1) is 0 Å². The molecule has 9 heavy (non-hydrogen) atoms. The Morgan fingerprint density at radius 2 is 2.33 bits per heavy atom. The normalized spacial score (nSPS) is 36.3. The van der Waals surface area contributed by atoms with Crippen LogP contribution >= 0.6 is 0 Å². The van der Waals surface area contributed by atoms with Crippen molar-refractivity contribution in [2.75, 3.05) is 6.61 Å². The van der Waals surface area contributed by atoms with Gasteiger partial charge in [0.1, 0.15) is 0 Å². The van der Waals surface area contributed by atoms with E-state index in [4.69, 9.17) is 10.8 Å². The highest BCUT2D eigenvalue weighted by molar-refractivity contribution is 4.90. The van der Waals surface area contributed by atoms with Gasteiger partial charge >= 0.3 is 0 Å². The summed E-state index contributed by atoms with van der Waals surface area (Å²) in [5, 5.41) is 8.52. The number of aliphatic hydroxyl groups excluding tert-OH is 1. The summed E-state index contributed by atoms with van der Waals surface area (Å²) in [5.74, 6) is 1.52. The van der Waals surface area contributed by atoms with E-state index in [2.05, 4.69) is 6.92 Å². The molecule has 0 amide bonds. The summed E-state index contributed by atoms with van der Waals surface area (Å²) in [7, 11) is 0. The highest BCUT2D eigenvalue weighted by Crippen LogP contribution is 2.40. The van der Waals surface area contributed by atoms with Crippen LogP contribution in [-0.2, 0) is 0 Å². The molecule has 0 aromatic carbocycles. The van der Waals surface area contributed by atoms with Crippen LogP contribution in [0.25, 0.3) is 0 Å². The molecule has 0 heterocycles. The van der Waals surface area contributed by atoms with Gasteiger partial charge in [-0.1, -0.05) is 6.92 Å². The van der Waals surface area contributed by atoms with Gasteiger partial charge < -0.3 is 10.8 Å². The zero-order chi connectivity index (χ0) is 6.85. The molecule has 2 nitrogen and oxygen atoms in total. The maximum Gasteiger partial charge on any atom is 0.0445 e. The average Bonchev–Trinajstić information content (AvgIpc) is 2.47. The maximum absolute atomic E-state index is 8.52. The predicted octanol–water partition coefficient (Wildman–Crippen LogP) is 0.352. The van der Waals surface area contributed by atoms with Crippen LogP contribution in [0.4, 0.5) is 0 Å². The molecule has 0 aromatic heterocycles. The Labute approximate surface area is 56.1 Å². The van der Waals surface area contributed by atoms with Gasteiger partial charge in [-0.25, -0.2) is 0 Å². The monoisotopic (exact) mass is 129 g/mol. The van der Waals surface area contributed by atoms with Gasteiger partial charge in [0.05, 0.1) is 0 Å². The molecule has 1 fully saturated rings. The van der Waals surface area contributed by atoms with Crippen LogP contribution in [-0.4, -0.2) is 17.8 Å². The maximum atomic E-state index is 8.52. The Morgan fingerprint density at radius 1 is 1.78 bits per heavy atom. The predicted molar refractivity (Wildman–Crippen MR) is 36.9 cm³/mol. The quantitative estimate of drug-likeness (QED) is 0.577. The molecule has 2 heteroatoms. The molecule has 1 saturated carbocycles. The summed E-state index contributed by atoms with van der Waals surface area (Å²) >= 11 is 0. The molecular weight excluding hydrogens is 114 g/mol. The van der Waals surface area contributed by atoms with Gasteiger partial charge in [0, 0.05) is 12.6 Å².